The zero-order chi connectivity index (χ0) is 23.9. The molecule has 0 atom stereocenters. The van der Waals surface area contributed by atoms with Crippen LogP contribution < -0.4 is 0 Å². The van der Waals surface area contributed by atoms with Gasteiger partial charge in [0, 0.05) is 27.8 Å². The third-order valence-corrected chi connectivity index (χ3v) is 7.39. The Labute approximate surface area is 201 Å². The van der Waals surface area contributed by atoms with Crippen LogP contribution in [0.25, 0.3) is 27.5 Å². The summed E-state index contributed by atoms with van der Waals surface area (Å²) in [6, 6.07) is 11.9. The number of hydrogen-bond acceptors (Lipinski definition) is 6. The fraction of sp³-hybridized carbons (Fsp3) is 0.280. The van der Waals surface area contributed by atoms with E-state index in [4.69, 9.17) is 4.98 Å². The van der Waals surface area contributed by atoms with Crippen molar-refractivity contribution in [1.82, 2.24) is 19.7 Å². The lowest BCUT2D eigenvalue weighted by atomic mass is 10.0. The van der Waals surface area contributed by atoms with Crippen LogP contribution in [0, 0.1) is 27.7 Å². The smallest absolute Gasteiger partial charge is 0.355 e. The molecule has 170 valence electrons. The molecule has 1 N–H and O–H groups in total. The molecule has 0 aliphatic rings. The standard InChI is InChI=1S/C25H26N4O2S2/c1-13(2)32-24-21(19-10-8-7-9-14(19)3)27-25(33-24)29-22(23(30)31)20(17(6)28-29)18-11-15(4)26-16(5)12-18/h7-13H,1-6H3,(H,30,31). The Bertz CT molecular complexity index is 1330. The molecule has 0 saturated carbocycles. The lowest BCUT2D eigenvalue weighted by Crippen LogP contribution is -2.09. The van der Waals surface area contributed by atoms with Gasteiger partial charge in [-0.2, -0.15) is 9.78 Å². The number of aryl methyl sites for hydroxylation is 4. The normalized spacial score (nSPS) is 11.4. The minimum Gasteiger partial charge on any atom is -0.476 e. The molecule has 4 rings (SSSR count). The molecule has 0 bridgehead atoms. The molecule has 0 unspecified atom stereocenters. The monoisotopic (exact) mass is 478 g/mol. The average Bonchev–Trinajstić information content (AvgIpc) is 3.28. The van der Waals surface area contributed by atoms with E-state index >= 15 is 0 Å². The molecule has 0 saturated heterocycles. The van der Waals surface area contributed by atoms with E-state index in [2.05, 4.69) is 43.0 Å². The van der Waals surface area contributed by atoms with Gasteiger partial charge in [-0.05, 0) is 51.0 Å². The second-order valence-electron chi connectivity index (χ2n) is 8.28. The van der Waals surface area contributed by atoms with Gasteiger partial charge in [0.15, 0.2) is 5.69 Å². The molecule has 0 amide bonds. The number of aromatic carboxylic acids is 1. The highest BCUT2D eigenvalue weighted by Crippen LogP contribution is 2.41. The Morgan fingerprint density at radius 1 is 1.06 bits per heavy atom. The maximum atomic E-state index is 12.5. The number of carbonyl (C=O) groups is 1. The van der Waals surface area contributed by atoms with Gasteiger partial charge in [0.1, 0.15) is 0 Å². The van der Waals surface area contributed by atoms with Gasteiger partial charge in [0.25, 0.3) is 0 Å². The van der Waals surface area contributed by atoms with Crippen LogP contribution in [-0.2, 0) is 0 Å². The van der Waals surface area contributed by atoms with Crippen molar-refractivity contribution in [3.8, 4) is 27.5 Å². The van der Waals surface area contributed by atoms with Crippen molar-refractivity contribution < 1.29 is 9.90 Å². The van der Waals surface area contributed by atoms with E-state index < -0.39 is 5.97 Å². The van der Waals surface area contributed by atoms with Crippen molar-refractivity contribution >= 4 is 29.1 Å². The quantitative estimate of drug-likeness (QED) is 0.319. The van der Waals surface area contributed by atoms with Gasteiger partial charge in [-0.3, -0.25) is 4.98 Å². The number of thiazole rings is 1. The van der Waals surface area contributed by atoms with Crippen molar-refractivity contribution in [3.63, 3.8) is 0 Å². The number of aromatic nitrogens is 4. The first-order valence-electron chi connectivity index (χ1n) is 10.7. The molecule has 3 heterocycles. The predicted molar refractivity (Wildman–Crippen MR) is 135 cm³/mol. The Morgan fingerprint density at radius 2 is 1.73 bits per heavy atom. The molecule has 8 heteroatoms. The summed E-state index contributed by atoms with van der Waals surface area (Å²) in [5.74, 6) is -1.04. The number of pyridine rings is 1. The van der Waals surface area contributed by atoms with E-state index in [1.165, 1.54) is 16.0 Å². The number of thioether (sulfide) groups is 1. The number of hydrogen-bond donors (Lipinski definition) is 1. The Hall–Kier alpha value is -2.97. The lowest BCUT2D eigenvalue weighted by molar-refractivity contribution is 0.0688. The van der Waals surface area contributed by atoms with Crippen molar-refractivity contribution in [2.75, 3.05) is 0 Å². The molecule has 6 nitrogen and oxygen atoms in total. The third-order valence-electron chi connectivity index (χ3n) is 5.14. The van der Waals surface area contributed by atoms with Crippen molar-refractivity contribution in [2.24, 2.45) is 0 Å². The summed E-state index contributed by atoms with van der Waals surface area (Å²) in [5.41, 5.74) is 6.86. The molecular formula is C25H26N4O2S2. The number of carboxylic acid groups (broad SMARTS) is 1. The molecule has 4 aromatic rings. The second kappa shape index (κ2) is 9.11. The first-order chi connectivity index (χ1) is 15.7. The summed E-state index contributed by atoms with van der Waals surface area (Å²) in [6.45, 7) is 12.0. The molecule has 0 radical (unpaired) electrons. The molecule has 33 heavy (non-hydrogen) atoms. The molecule has 0 fully saturated rings. The number of carboxylic acids is 1. The van der Waals surface area contributed by atoms with E-state index in [0.717, 1.165) is 38.0 Å². The van der Waals surface area contributed by atoms with Crippen LogP contribution in [0.15, 0.2) is 40.6 Å². The van der Waals surface area contributed by atoms with Crippen LogP contribution in [0.1, 0.15) is 47.0 Å². The summed E-state index contributed by atoms with van der Waals surface area (Å²) >= 11 is 3.21. The summed E-state index contributed by atoms with van der Waals surface area (Å²) in [6.07, 6.45) is 0. The third kappa shape index (κ3) is 4.58. The minimum atomic E-state index is -1.04. The zero-order valence-electron chi connectivity index (χ0n) is 19.5. The van der Waals surface area contributed by atoms with Crippen LogP contribution in [0.2, 0.25) is 0 Å². The van der Waals surface area contributed by atoms with Crippen molar-refractivity contribution in [1.29, 1.82) is 0 Å². The van der Waals surface area contributed by atoms with Gasteiger partial charge in [-0.25, -0.2) is 9.78 Å². The first kappa shape index (κ1) is 23.2. The van der Waals surface area contributed by atoms with Crippen LogP contribution in [0.4, 0.5) is 0 Å². The number of benzene rings is 1. The van der Waals surface area contributed by atoms with Crippen LogP contribution in [-0.4, -0.2) is 36.1 Å². The van der Waals surface area contributed by atoms with Crippen molar-refractivity contribution in [3.05, 3.63) is 64.7 Å². The van der Waals surface area contributed by atoms with Gasteiger partial charge < -0.3 is 5.11 Å². The maximum absolute atomic E-state index is 12.5. The van der Waals surface area contributed by atoms with Crippen molar-refractivity contribution in [2.45, 2.75) is 51.0 Å². The topological polar surface area (TPSA) is 80.9 Å². The summed E-state index contributed by atoms with van der Waals surface area (Å²) in [5, 5.41) is 15.7. The summed E-state index contributed by atoms with van der Waals surface area (Å²) < 4.78 is 2.53. The largest absolute Gasteiger partial charge is 0.476 e. The van der Waals surface area contributed by atoms with E-state index in [1.54, 1.807) is 11.8 Å². The first-order valence-corrected chi connectivity index (χ1v) is 12.4. The molecule has 1 aromatic carbocycles. The highest BCUT2D eigenvalue weighted by atomic mass is 32.2. The molecule has 0 aliphatic heterocycles. The number of rotatable bonds is 6. The molecule has 0 aliphatic carbocycles. The van der Waals surface area contributed by atoms with Gasteiger partial charge >= 0.3 is 5.97 Å². The van der Waals surface area contributed by atoms with Crippen LogP contribution in [0.5, 0.6) is 0 Å². The van der Waals surface area contributed by atoms with E-state index in [9.17, 15) is 9.90 Å². The lowest BCUT2D eigenvalue weighted by Gasteiger charge is -2.07. The SMILES string of the molecule is Cc1cc(-c2c(C)nn(-c3nc(-c4ccccc4C)c(SC(C)C)s3)c2C(=O)O)cc(C)n1. The Balaban J connectivity index is 1.95. The van der Waals surface area contributed by atoms with Gasteiger partial charge in [0.05, 0.1) is 15.6 Å². The Morgan fingerprint density at radius 3 is 2.33 bits per heavy atom. The number of nitrogens with zero attached hydrogens (tertiary/aromatic N) is 4. The highest BCUT2D eigenvalue weighted by Gasteiger charge is 2.27. The maximum Gasteiger partial charge on any atom is 0.355 e. The zero-order valence-corrected chi connectivity index (χ0v) is 21.1. The summed E-state index contributed by atoms with van der Waals surface area (Å²) in [7, 11) is 0. The van der Waals surface area contributed by atoms with E-state index in [1.807, 2.05) is 45.0 Å². The molecular weight excluding hydrogens is 452 g/mol. The molecule has 0 spiro atoms. The fourth-order valence-corrected chi connectivity index (χ4v) is 6.34. The van der Waals surface area contributed by atoms with E-state index in [0.29, 0.717) is 21.6 Å². The molecule has 3 aromatic heterocycles. The van der Waals surface area contributed by atoms with Gasteiger partial charge in [-0.1, -0.05) is 49.4 Å². The minimum absolute atomic E-state index is 0.115. The van der Waals surface area contributed by atoms with E-state index in [-0.39, 0.29) is 5.69 Å². The summed E-state index contributed by atoms with van der Waals surface area (Å²) in [4.78, 5) is 21.8. The average molecular weight is 479 g/mol. The van der Waals surface area contributed by atoms with Crippen LogP contribution in [0.3, 0.4) is 0 Å². The van der Waals surface area contributed by atoms with Crippen LogP contribution >= 0.6 is 23.1 Å². The predicted octanol–water partition coefficient (Wildman–Crippen LogP) is 6.49. The van der Waals surface area contributed by atoms with Gasteiger partial charge in [-0.15, -0.1) is 11.8 Å². The second-order valence-corrected chi connectivity index (χ2v) is 11.1. The fourth-order valence-electron chi connectivity index (χ4n) is 3.88. The Kier molecular flexibility index (Phi) is 6.41. The van der Waals surface area contributed by atoms with Gasteiger partial charge in [0.2, 0.25) is 5.13 Å². The highest BCUT2D eigenvalue weighted by molar-refractivity contribution is 8.01.